The molecule has 1 atom stereocenters. The summed E-state index contributed by atoms with van der Waals surface area (Å²) < 4.78 is 26.3. The number of alkyl halides is 1. The molecule has 2 rings (SSSR count). The second kappa shape index (κ2) is 7.01. The van der Waals surface area contributed by atoms with Crippen LogP contribution in [0.15, 0.2) is 53.4 Å². The van der Waals surface area contributed by atoms with E-state index in [2.05, 4.69) is 0 Å². The predicted octanol–water partition coefficient (Wildman–Crippen LogP) is 4.25. The average Bonchev–Trinajstić information content (AvgIpc) is 2.48. The molecular weight excluding hydrogens is 341 g/mol. The quantitative estimate of drug-likeness (QED) is 0.750. The van der Waals surface area contributed by atoms with Crippen LogP contribution in [0.1, 0.15) is 16.5 Å². The molecule has 1 unspecified atom stereocenters. The van der Waals surface area contributed by atoms with Crippen LogP contribution in [-0.2, 0) is 10.0 Å². The fraction of sp³-hybridized carbons (Fsp3) is 0.250. The molecule has 0 bridgehead atoms. The van der Waals surface area contributed by atoms with Crippen LogP contribution in [-0.4, -0.2) is 26.3 Å². The van der Waals surface area contributed by atoms with E-state index < -0.39 is 15.4 Å². The SMILES string of the molecule is Cc1ccc(S(=O)(=O)N(C)CC(Cl)c2ccc(Cl)cc2)cc1. The first kappa shape index (κ1) is 17.3. The minimum absolute atomic E-state index is 0.180. The molecule has 0 spiro atoms. The summed E-state index contributed by atoms with van der Waals surface area (Å²) in [6.07, 6.45) is 0. The van der Waals surface area contributed by atoms with Gasteiger partial charge in [-0.1, -0.05) is 41.4 Å². The summed E-state index contributed by atoms with van der Waals surface area (Å²) in [7, 11) is -2.02. The van der Waals surface area contributed by atoms with Crippen molar-refractivity contribution in [1.29, 1.82) is 0 Å². The monoisotopic (exact) mass is 357 g/mol. The Balaban J connectivity index is 2.15. The Morgan fingerprint density at radius 2 is 1.59 bits per heavy atom. The standard InChI is InChI=1S/C16H17Cl2NO2S/c1-12-3-9-15(10-4-12)22(20,21)19(2)11-16(18)13-5-7-14(17)8-6-13/h3-10,16H,11H2,1-2H3. The van der Waals surface area contributed by atoms with Gasteiger partial charge >= 0.3 is 0 Å². The highest BCUT2D eigenvalue weighted by Gasteiger charge is 2.23. The molecule has 0 amide bonds. The number of aryl methyl sites for hydroxylation is 1. The van der Waals surface area contributed by atoms with E-state index in [1.165, 1.54) is 11.4 Å². The summed E-state index contributed by atoms with van der Waals surface area (Å²) in [4.78, 5) is 0.264. The smallest absolute Gasteiger partial charge is 0.207 e. The van der Waals surface area contributed by atoms with Crippen molar-refractivity contribution in [2.45, 2.75) is 17.2 Å². The van der Waals surface area contributed by atoms with Crippen molar-refractivity contribution < 1.29 is 8.42 Å². The van der Waals surface area contributed by atoms with E-state index in [0.29, 0.717) is 5.02 Å². The normalized spacial score (nSPS) is 13.3. The topological polar surface area (TPSA) is 37.4 Å². The zero-order valence-electron chi connectivity index (χ0n) is 12.3. The Hall–Kier alpha value is -1.07. The number of halogens is 2. The number of hydrogen-bond acceptors (Lipinski definition) is 2. The molecule has 0 radical (unpaired) electrons. The van der Waals surface area contributed by atoms with Crippen LogP contribution < -0.4 is 0 Å². The maximum atomic E-state index is 12.5. The Bertz CT molecular complexity index is 728. The van der Waals surface area contributed by atoms with Crippen molar-refractivity contribution in [2.75, 3.05) is 13.6 Å². The lowest BCUT2D eigenvalue weighted by Crippen LogP contribution is -2.30. The molecule has 3 nitrogen and oxygen atoms in total. The summed E-state index contributed by atoms with van der Waals surface area (Å²) in [6.45, 7) is 2.09. The van der Waals surface area contributed by atoms with Gasteiger partial charge in [-0.15, -0.1) is 11.6 Å². The number of hydrogen-bond donors (Lipinski definition) is 0. The minimum atomic E-state index is -3.54. The van der Waals surface area contributed by atoms with Gasteiger partial charge in [0, 0.05) is 18.6 Å². The zero-order valence-corrected chi connectivity index (χ0v) is 14.7. The summed E-state index contributed by atoms with van der Waals surface area (Å²) >= 11 is 12.2. The summed E-state index contributed by atoms with van der Waals surface area (Å²) in [5.74, 6) is 0. The highest BCUT2D eigenvalue weighted by molar-refractivity contribution is 7.89. The summed E-state index contributed by atoms with van der Waals surface area (Å²) in [5.41, 5.74) is 1.84. The van der Waals surface area contributed by atoms with Gasteiger partial charge in [0.2, 0.25) is 10.0 Å². The van der Waals surface area contributed by atoms with Crippen molar-refractivity contribution in [3.8, 4) is 0 Å². The number of likely N-dealkylation sites (N-methyl/N-ethyl adjacent to an activating group) is 1. The molecule has 0 fully saturated rings. The molecule has 0 aliphatic heterocycles. The Morgan fingerprint density at radius 3 is 2.14 bits per heavy atom. The van der Waals surface area contributed by atoms with Crippen LogP contribution >= 0.6 is 23.2 Å². The number of benzene rings is 2. The van der Waals surface area contributed by atoms with Crippen LogP contribution in [0.2, 0.25) is 5.02 Å². The maximum Gasteiger partial charge on any atom is 0.242 e. The van der Waals surface area contributed by atoms with Crippen LogP contribution in [0.3, 0.4) is 0 Å². The van der Waals surface area contributed by atoms with E-state index in [-0.39, 0.29) is 11.4 Å². The van der Waals surface area contributed by atoms with Crippen LogP contribution in [0.25, 0.3) is 0 Å². The third-order valence-electron chi connectivity index (χ3n) is 3.38. The van der Waals surface area contributed by atoms with Crippen molar-refractivity contribution >= 4 is 33.2 Å². The number of nitrogens with zero attached hydrogens (tertiary/aromatic N) is 1. The highest BCUT2D eigenvalue weighted by Crippen LogP contribution is 2.25. The Morgan fingerprint density at radius 1 is 1.05 bits per heavy atom. The van der Waals surface area contributed by atoms with Crippen molar-refractivity contribution in [1.82, 2.24) is 4.31 Å². The first-order valence-electron chi connectivity index (χ1n) is 6.73. The lowest BCUT2D eigenvalue weighted by molar-refractivity contribution is 0.468. The molecule has 0 aliphatic carbocycles. The van der Waals surface area contributed by atoms with Gasteiger partial charge in [0.25, 0.3) is 0 Å². The van der Waals surface area contributed by atoms with Crippen LogP contribution in [0, 0.1) is 6.92 Å². The van der Waals surface area contributed by atoms with Gasteiger partial charge in [-0.3, -0.25) is 0 Å². The van der Waals surface area contributed by atoms with Gasteiger partial charge in [0.05, 0.1) is 10.3 Å². The molecule has 22 heavy (non-hydrogen) atoms. The van der Waals surface area contributed by atoms with Gasteiger partial charge < -0.3 is 0 Å². The fourth-order valence-corrected chi connectivity index (χ4v) is 3.74. The minimum Gasteiger partial charge on any atom is -0.207 e. The molecule has 0 heterocycles. The Labute approximate surface area is 141 Å². The summed E-state index contributed by atoms with van der Waals surface area (Å²) in [5, 5.41) is 0.177. The van der Waals surface area contributed by atoms with Gasteiger partial charge in [0.15, 0.2) is 0 Å². The molecule has 118 valence electrons. The van der Waals surface area contributed by atoms with E-state index in [9.17, 15) is 8.42 Å². The average molecular weight is 358 g/mol. The molecule has 2 aromatic rings. The number of sulfonamides is 1. The molecule has 0 aromatic heterocycles. The van der Waals surface area contributed by atoms with Gasteiger partial charge in [-0.25, -0.2) is 8.42 Å². The van der Waals surface area contributed by atoms with Gasteiger partial charge in [-0.05, 0) is 36.8 Å². The van der Waals surface area contributed by atoms with E-state index >= 15 is 0 Å². The van der Waals surface area contributed by atoms with Crippen LogP contribution in [0.5, 0.6) is 0 Å². The molecule has 0 N–H and O–H groups in total. The first-order valence-corrected chi connectivity index (χ1v) is 8.98. The van der Waals surface area contributed by atoms with Gasteiger partial charge in [0.1, 0.15) is 0 Å². The van der Waals surface area contributed by atoms with Crippen LogP contribution in [0.4, 0.5) is 0 Å². The molecule has 0 aliphatic rings. The lowest BCUT2D eigenvalue weighted by Gasteiger charge is -2.20. The van der Waals surface area contributed by atoms with Crippen molar-refractivity contribution in [2.24, 2.45) is 0 Å². The van der Waals surface area contributed by atoms with Crippen molar-refractivity contribution in [3.05, 3.63) is 64.7 Å². The third kappa shape index (κ3) is 4.02. The number of rotatable bonds is 5. The van der Waals surface area contributed by atoms with E-state index in [1.807, 2.05) is 6.92 Å². The molecule has 6 heteroatoms. The second-order valence-electron chi connectivity index (χ2n) is 5.12. The largest absolute Gasteiger partial charge is 0.242 e. The third-order valence-corrected chi connectivity index (χ3v) is 5.86. The van der Waals surface area contributed by atoms with Gasteiger partial charge in [-0.2, -0.15) is 4.31 Å². The van der Waals surface area contributed by atoms with E-state index in [4.69, 9.17) is 23.2 Å². The molecule has 0 saturated carbocycles. The predicted molar refractivity (Wildman–Crippen MR) is 91.0 cm³/mol. The molecular formula is C16H17Cl2NO2S. The van der Waals surface area contributed by atoms with Crippen molar-refractivity contribution in [3.63, 3.8) is 0 Å². The highest BCUT2D eigenvalue weighted by atomic mass is 35.5. The summed E-state index contributed by atoms with van der Waals surface area (Å²) in [6, 6.07) is 13.8. The Kier molecular flexibility index (Phi) is 5.50. The molecule has 2 aromatic carbocycles. The second-order valence-corrected chi connectivity index (χ2v) is 8.13. The molecule has 0 saturated heterocycles. The fourth-order valence-electron chi connectivity index (χ4n) is 1.99. The van der Waals surface area contributed by atoms with E-state index in [1.54, 1.807) is 48.5 Å². The maximum absolute atomic E-state index is 12.5. The first-order chi connectivity index (χ1) is 10.3. The zero-order chi connectivity index (χ0) is 16.3. The lowest BCUT2D eigenvalue weighted by atomic mass is 10.1. The van der Waals surface area contributed by atoms with E-state index in [0.717, 1.165) is 11.1 Å².